The van der Waals surface area contributed by atoms with Gasteiger partial charge >= 0.3 is 5.97 Å². The number of allylic oxidation sites excluding steroid dienone is 9. The quantitative estimate of drug-likeness (QED) is 0.369. The van der Waals surface area contributed by atoms with E-state index in [1.807, 2.05) is 31.2 Å². The molecule has 0 saturated heterocycles. The molecule has 0 heterocycles. The number of aliphatic hydroxyl groups is 2. The van der Waals surface area contributed by atoms with Crippen molar-refractivity contribution in [2.24, 2.45) is 0 Å². The number of carbonyl (C=O) groups is 1. The fourth-order valence-electron chi connectivity index (χ4n) is 2.07. The van der Waals surface area contributed by atoms with Crippen LogP contribution >= 0.6 is 0 Å². The minimum absolute atomic E-state index is 0.191. The van der Waals surface area contributed by atoms with Crippen molar-refractivity contribution in [3.63, 3.8) is 0 Å². The van der Waals surface area contributed by atoms with Crippen molar-refractivity contribution < 1.29 is 20.1 Å². The van der Waals surface area contributed by atoms with Gasteiger partial charge in [-0.3, -0.25) is 4.79 Å². The molecular formula is C22H34O4. The van der Waals surface area contributed by atoms with E-state index in [1.165, 1.54) is 0 Å². The van der Waals surface area contributed by atoms with Gasteiger partial charge in [-0.05, 0) is 44.9 Å². The van der Waals surface area contributed by atoms with Crippen molar-refractivity contribution in [3.8, 4) is 0 Å². The monoisotopic (exact) mass is 362 g/mol. The highest BCUT2D eigenvalue weighted by atomic mass is 16.4. The number of hydrogen-bond acceptors (Lipinski definition) is 3. The maximum Gasteiger partial charge on any atom is 0.303 e. The number of carboxylic acids is 1. The molecular weight excluding hydrogens is 328 g/mol. The maximum absolute atomic E-state index is 10.3. The van der Waals surface area contributed by atoms with E-state index < -0.39 is 18.2 Å². The molecule has 2 atom stereocenters. The molecule has 0 aliphatic heterocycles. The molecule has 146 valence electrons. The molecule has 0 spiro atoms. The third-order valence-corrected chi connectivity index (χ3v) is 3.69. The molecule has 3 N–H and O–H groups in total. The molecule has 0 unspecified atom stereocenters. The Balaban J connectivity index is 3.61. The molecule has 0 aromatic rings. The van der Waals surface area contributed by atoms with Crippen LogP contribution in [0.4, 0.5) is 0 Å². The highest BCUT2D eigenvalue weighted by Crippen LogP contribution is 2.04. The maximum atomic E-state index is 10.3. The van der Waals surface area contributed by atoms with Gasteiger partial charge in [0.1, 0.15) is 0 Å². The first-order valence-electron chi connectivity index (χ1n) is 9.40. The lowest BCUT2D eigenvalue weighted by molar-refractivity contribution is -0.136. The van der Waals surface area contributed by atoms with Gasteiger partial charge in [0.05, 0.1) is 12.2 Å². The van der Waals surface area contributed by atoms with Gasteiger partial charge in [0.2, 0.25) is 0 Å². The van der Waals surface area contributed by atoms with E-state index in [4.69, 9.17) is 5.11 Å². The highest BCUT2D eigenvalue weighted by molar-refractivity contribution is 5.66. The van der Waals surface area contributed by atoms with E-state index >= 15 is 0 Å². The van der Waals surface area contributed by atoms with E-state index in [-0.39, 0.29) is 6.42 Å². The Morgan fingerprint density at radius 1 is 0.731 bits per heavy atom. The van der Waals surface area contributed by atoms with Crippen LogP contribution in [-0.4, -0.2) is 33.5 Å². The average molecular weight is 363 g/mol. The first-order chi connectivity index (χ1) is 12.6. The van der Waals surface area contributed by atoms with Crippen LogP contribution in [0.15, 0.2) is 60.8 Å². The Morgan fingerprint density at radius 2 is 1.15 bits per heavy atom. The molecule has 0 fully saturated rings. The van der Waals surface area contributed by atoms with Crippen LogP contribution in [0.1, 0.15) is 58.3 Å². The first kappa shape index (κ1) is 24.1. The lowest BCUT2D eigenvalue weighted by atomic mass is 10.1. The van der Waals surface area contributed by atoms with Gasteiger partial charge in [0.15, 0.2) is 0 Å². The third-order valence-electron chi connectivity index (χ3n) is 3.69. The van der Waals surface area contributed by atoms with E-state index in [0.717, 1.165) is 25.7 Å². The summed E-state index contributed by atoms with van der Waals surface area (Å²) >= 11 is 0. The lowest BCUT2D eigenvalue weighted by Crippen LogP contribution is -2.23. The van der Waals surface area contributed by atoms with Gasteiger partial charge in [0.25, 0.3) is 0 Å². The number of aliphatic carboxylic acids is 1. The summed E-state index contributed by atoms with van der Waals surface area (Å²) in [6.45, 7) is 1.85. The molecule has 4 heteroatoms. The molecule has 0 saturated carbocycles. The highest BCUT2D eigenvalue weighted by Gasteiger charge is 2.11. The van der Waals surface area contributed by atoms with E-state index in [2.05, 4.69) is 36.5 Å². The van der Waals surface area contributed by atoms with Crippen LogP contribution in [0.3, 0.4) is 0 Å². The van der Waals surface area contributed by atoms with Crippen molar-refractivity contribution in [1.29, 1.82) is 0 Å². The van der Waals surface area contributed by atoms with Gasteiger partial charge in [-0.2, -0.15) is 0 Å². The number of rotatable bonds is 15. The Morgan fingerprint density at radius 3 is 1.58 bits per heavy atom. The summed E-state index contributed by atoms with van der Waals surface area (Å²) in [5, 5.41) is 27.5. The van der Waals surface area contributed by atoms with Crippen molar-refractivity contribution in [2.75, 3.05) is 0 Å². The molecule has 0 amide bonds. The minimum atomic E-state index is -0.758. The van der Waals surface area contributed by atoms with Crippen LogP contribution in [0.5, 0.6) is 0 Å². The van der Waals surface area contributed by atoms with Gasteiger partial charge in [-0.15, -0.1) is 0 Å². The predicted octanol–water partition coefficient (Wildman–Crippen LogP) is 4.71. The molecule has 0 aromatic heterocycles. The molecule has 0 rings (SSSR count). The summed E-state index contributed by atoms with van der Waals surface area (Å²) in [7, 11) is 0. The SMILES string of the molecule is CC[C@H](O)[C@H](O)C/C=C\C/C=C\C/C=C\C/C=C\C/C=C\CCC(=O)O. The van der Waals surface area contributed by atoms with Gasteiger partial charge in [-0.25, -0.2) is 0 Å². The number of carboxylic acid groups (broad SMARTS) is 1. The zero-order chi connectivity index (χ0) is 19.5. The van der Waals surface area contributed by atoms with Crippen LogP contribution in [0, 0.1) is 0 Å². The number of hydrogen-bond donors (Lipinski definition) is 3. The second kappa shape index (κ2) is 17.9. The standard InChI is InChI=1S/C22H34O4/c1-2-20(23)21(24)18-16-14-12-10-8-6-4-3-5-7-9-11-13-15-17-19-22(25)26/h3-4,7-10,13-16,20-21,23-24H,2,5-6,11-12,17-19H2,1H3,(H,25,26)/b4-3-,9-7-,10-8-,15-13-,16-14-/t20-,21+/m0/s1. The number of aliphatic hydroxyl groups excluding tert-OH is 2. The van der Waals surface area contributed by atoms with Crippen molar-refractivity contribution in [3.05, 3.63) is 60.8 Å². The van der Waals surface area contributed by atoms with E-state index in [0.29, 0.717) is 19.3 Å². The lowest BCUT2D eigenvalue weighted by Gasteiger charge is -2.13. The average Bonchev–Trinajstić information content (AvgIpc) is 2.63. The summed E-state index contributed by atoms with van der Waals surface area (Å²) in [6.07, 6.45) is 24.4. The molecule has 0 radical (unpaired) electrons. The molecule has 0 aliphatic rings. The van der Waals surface area contributed by atoms with Crippen molar-refractivity contribution in [2.45, 2.75) is 70.5 Å². The van der Waals surface area contributed by atoms with Crippen LogP contribution < -0.4 is 0 Å². The Labute approximate surface area is 157 Å². The Kier molecular flexibility index (Phi) is 16.6. The first-order valence-corrected chi connectivity index (χ1v) is 9.40. The third kappa shape index (κ3) is 16.9. The van der Waals surface area contributed by atoms with Crippen LogP contribution in [0.2, 0.25) is 0 Å². The fraction of sp³-hybridized carbons (Fsp3) is 0.500. The summed E-state index contributed by atoms with van der Waals surface area (Å²) in [5.74, 6) is -0.758. The summed E-state index contributed by atoms with van der Waals surface area (Å²) in [4.78, 5) is 10.3. The second-order valence-electron chi connectivity index (χ2n) is 6.01. The second-order valence-corrected chi connectivity index (χ2v) is 6.01. The van der Waals surface area contributed by atoms with Gasteiger partial charge in [-0.1, -0.05) is 67.7 Å². The van der Waals surface area contributed by atoms with Gasteiger partial charge < -0.3 is 15.3 Å². The zero-order valence-electron chi connectivity index (χ0n) is 15.8. The molecule has 0 aromatic carbocycles. The van der Waals surface area contributed by atoms with E-state index in [1.54, 1.807) is 0 Å². The summed E-state index contributed by atoms with van der Waals surface area (Å²) in [6, 6.07) is 0. The fourth-order valence-corrected chi connectivity index (χ4v) is 2.07. The van der Waals surface area contributed by atoms with E-state index in [9.17, 15) is 15.0 Å². The normalized spacial score (nSPS) is 15.2. The molecule has 26 heavy (non-hydrogen) atoms. The van der Waals surface area contributed by atoms with Crippen LogP contribution in [-0.2, 0) is 4.79 Å². The largest absolute Gasteiger partial charge is 0.481 e. The summed E-state index contributed by atoms with van der Waals surface area (Å²) < 4.78 is 0. The van der Waals surface area contributed by atoms with Crippen LogP contribution in [0.25, 0.3) is 0 Å². The zero-order valence-corrected chi connectivity index (χ0v) is 15.8. The molecule has 0 aliphatic carbocycles. The molecule has 0 bridgehead atoms. The summed E-state index contributed by atoms with van der Waals surface area (Å²) in [5.41, 5.74) is 0. The van der Waals surface area contributed by atoms with Crippen molar-refractivity contribution >= 4 is 5.97 Å². The van der Waals surface area contributed by atoms with Gasteiger partial charge in [0, 0.05) is 6.42 Å². The topological polar surface area (TPSA) is 77.8 Å². The minimum Gasteiger partial charge on any atom is -0.481 e. The van der Waals surface area contributed by atoms with Crippen molar-refractivity contribution in [1.82, 2.24) is 0 Å². The predicted molar refractivity (Wildman–Crippen MR) is 108 cm³/mol. The Bertz CT molecular complexity index is 486. The molecule has 4 nitrogen and oxygen atoms in total. The smallest absolute Gasteiger partial charge is 0.303 e. The Hall–Kier alpha value is -1.91.